The molecule has 1 saturated carbocycles. The topological polar surface area (TPSA) is 64.4 Å². The molecule has 2 heterocycles. The van der Waals surface area contributed by atoms with E-state index in [1.54, 1.807) is 19.1 Å². The van der Waals surface area contributed by atoms with Crippen LogP contribution >= 0.6 is 11.6 Å². The number of halogens is 1. The molecule has 0 N–H and O–H groups in total. The van der Waals surface area contributed by atoms with Gasteiger partial charge >= 0.3 is 0 Å². The van der Waals surface area contributed by atoms with Gasteiger partial charge in [0.25, 0.3) is 0 Å². The summed E-state index contributed by atoms with van der Waals surface area (Å²) in [6.45, 7) is 5.45. The van der Waals surface area contributed by atoms with Crippen molar-refractivity contribution in [1.29, 1.82) is 0 Å². The smallest absolute Gasteiger partial charge is 0.250 e. The van der Waals surface area contributed by atoms with Gasteiger partial charge in [0.05, 0.1) is 24.2 Å². The normalized spacial score (nSPS) is 29.3. The average molecular weight is 490 g/mol. The number of morpholine rings is 1. The molecule has 8 heteroatoms. The number of benzene rings is 1. The lowest BCUT2D eigenvalue weighted by Crippen LogP contribution is -2.45. The third kappa shape index (κ3) is 4.41. The van der Waals surface area contributed by atoms with Crippen LogP contribution in [0.2, 0.25) is 0 Å². The molecule has 1 unspecified atom stereocenters. The third-order valence-electron chi connectivity index (χ3n) is 7.51. The van der Waals surface area contributed by atoms with Gasteiger partial charge in [0.15, 0.2) is 0 Å². The number of para-hydroxylation sites is 2. The Labute approximate surface area is 201 Å². The van der Waals surface area contributed by atoms with Crippen LogP contribution in [0, 0.1) is 5.92 Å². The van der Waals surface area contributed by atoms with Crippen molar-refractivity contribution in [2.24, 2.45) is 5.92 Å². The van der Waals surface area contributed by atoms with Crippen molar-refractivity contribution in [3.63, 3.8) is 0 Å². The Kier molecular flexibility index (Phi) is 6.42. The number of ether oxygens (including phenoxy) is 1. The van der Waals surface area contributed by atoms with E-state index in [4.69, 9.17) is 21.3 Å². The summed E-state index contributed by atoms with van der Waals surface area (Å²) in [5.41, 5.74) is 1.37. The van der Waals surface area contributed by atoms with Crippen molar-refractivity contribution in [3.8, 4) is 0 Å². The van der Waals surface area contributed by atoms with Gasteiger partial charge in [-0.05, 0) is 69.2 Å². The van der Waals surface area contributed by atoms with Crippen molar-refractivity contribution in [3.05, 3.63) is 53.4 Å². The number of rotatable bonds is 5. The molecule has 2 fully saturated rings. The second kappa shape index (κ2) is 9.17. The Bertz CT molecular complexity index is 1170. The first-order valence-electron chi connectivity index (χ1n) is 12.0. The van der Waals surface area contributed by atoms with Crippen LogP contribution in [0.3, 0.4) is 0 Å². The molecule has 6 nitrogen and oxygen atoms in total. The molecular formula is C25H32ClN3O3S. The van der Waals surface area contributed by atoms with Crippen LogP contribution in [0.1, 0.15) is 44.9 Å². The molecule has 0 bridgehead atoms. The quantitative estimate of drug-likeness (QED) is 0.619. The van der Waals surface area contributed by atoms with Gasteiger partial charge in [-0.1, -0.05) is 29.8 Å². The van der Waals surface area contributed by atoms with Gasteiger partial charge in [-0.3, -0.25) is 4.90 Å². The average Bonchev–Trinajstić information content (AvgIpc) is 3.18. The summed E-state index contributed by atoms with van der Waals surface area (Å²) in [5, 5.41) is 0.458. The van der Waals surface area contributed by atoms with Crippen molar-refractivity contribution in [1.82, 2.24) is 13.9 Å². The molecule has 1 aliphatic heterocycles. The minimum Gasteiger partial charge on any atom is -0.379 e. The summed E-state index contributed by atoms with van der Waals surface area (Å²) in [4.78, 5) is 7.37. The minimum atomic E-state index is -3.77. The van der Waals surface area contributed by atoms with Crippen LogP contribution in [0.25, 0.3) is 11.0 Å². The Hall–Kier alpha value is -1.67. The third-order valence-corrected chi connectivity index (χ3v) is 10.1. The predicted molar refractivity (Wildman–Crippen MR) is 132 cm³/mol. The summed E-state index contributed by atoms with van der Waals surface area (Å²) in [6.07, 6.45) is 10.8. The summed E-state index contributed by atoms with van der Waals surface area (Å²) in [7, 11) is -3.77. The number of nitrogens with zero attached hydrogens (tertiary/aromatic N) is 3. The van der Waals surface area contributed by atoms with Gasteiger partial charge in [-0.25, -0.2) is 17.4 Å². The monoisotopic (exact) mass is 489 g/mol. The molecule has 178 valence electrons. The SMILES string of the molecule is CC1(S(=O)(=O)n2c(CC3CCC(N4CCOCC4)CC3)nc3ccccc32)C=C(Cl)C=CC1. The molecule has 1 aromatic heterocycles. The summed E-state index contributed by atoms with van der Waals surface area (Å²) in [5.74, 6) is 1.08. The van der Waals surface area contributed by atoms with Crippen LogP contribution in [0.15, 0.2) is 47.5 Å². The van der Waals surface area contributed by atoms with Crippen molar-refractivity contribution in [2.75, 3.05) is 26.3 Å². The van der Waals surface area contributed by atoms with E-state index in [1.807, 2.05) is 30.3 Å². The molecule has 5 rings (SSSR count). The number of imidazole rings is 1. The lowest BCUT2D eigenvalue weighted by molar-refractivity contribution is 0.00490. The highest BCUT2D eigenvalue weighted by molar-refractivity contribution is 7.91. The van der Waals surface area contributed by atoms with Crippen LogP contribution in [-0.2, 0) is 21.2 Å². The second-order valence-electron chi connectivity index (χ2n) is 9.76. The van der Waals surface area contributed by atoms with Crippen LogP contribution in [0.4, 0.5) is 0 Å². The van der Waals surface area contributed by atoms with Gasteiger partial charge in [-0.15, -0.1) is 0 Å². The van der Waals surface area contributed by atoms with E-state index in [9.17, 15) is 8.42 Å². The maximum absolute atomic E-state index is 14.0. The highest BCUT2D eigenvalue weighted by Crippen LogP contribution is 2.36. The van der Waals surface area contributed by atoms with Crippen molar-refractivity contribution in [2.45, 2.75) is 56.2 Å². The van der Waals surface area contributed by atoms with E-state index >= 15 is 0 Å². The molecule has 0 amide bonds. The molecule has 3 aliphatic rings. The standard InChI is InChI=1S/C25H32ClN3O3S/c1-25(12-4-5-20(26)18-25)33(30,31)29-23-7-3-2-6-22(23)27-24(29)17-19-8-10-21(11-9-19)28-13-15-32-16-14-28/h2-7,18-19,21H,8-17H2,1H3. The van der Waals surface area contributed by atoms with E-state index < -0.39 is 14.8 Å². The molecular weight excluding hydrogens is 458 g/mol. The lowest BCUT2D eigenvalue weighted by atomic mass is 9.83. The molecule has 2 aromatic rings. The van der Waals surface area contributed by atoms with Gasteiger partial charge in [0.2, 0.25) is 10.0 Å². The summed E-state index contributed by atoms with van der Waals surface area (Å²) < 4.78 is 33.9. The first-order valence-corrected chi connectivity index (χ1v) is 13.8. The maximum atomic E-state index is 14.0. The zero-order chi connectivity index (χ0) is 23.1. The first-order chi connectivity index (χ1) is 15.9. The van der Waals surface area contributed by atoms with Gasteiger partial charge < -0.3 is 4.74 Å². The predicted octanol–water partition coefficient (Wildman–Crippen LogP) is 4.49. The van der Waals surface area contributed by atoms with Gasteiger partial charge in [0, 0.05) is 30.6 Å². The fourth-order valence-electron chi connectivity index (χ4n) is 5.56. The zero-order valence-electron chi connectivity index (χ0n) is 19.1. The molecule has 0 radical (unpaired) electrons. The van der Waals surface area contributed by atoms with E-state index in [0.717, 1.165) is 57.5 Å². The van der Waals surface area contributed by atoms with E-state index in [0.29, 0.717) is 41.2 Å². The fraction of sp³-hybridized carbons (Fsp3) is 0.560. The number of hydrogen-bond donors (Lipinski definition) is 0. The zero-order valence-corrected chi connectivity index (χ0v) is 20.7. The van der Waals surface area contributed by atoms with E-state index in [2.05, 4.69) is 4.90 Å². The minimum absolute atomic E-state index is 0.391. The van der Waals surface area contributed by atoms with Crippen LogP contribution in [-0.4, -0.2) is 59.4 Å². The fourth-order valence-corrected chi connectivity index (χ4v) is 7.76. The number of allylic oxidation sites excluding steroid dienone is 3. The van der Waals surface area contributed by atoms with Gasteiger partial charge in [0.1, 0.15) is 10.6 Å². The van der Waals surface area contributed by atoms with Crippen molar-refractivity contribution < 1.29 is 13.2 Å². The highest BCUT2D eigenvalue weighted by Gasteiger charge is 2.41. The van der Waals surface area contributed by atoms with Crippen LogP contribution < -0.4 is 0 Å². The van der Waals surface area contributed by atoms with Gasteiger partial charge in [-0.2, -0.15) is 0 Å². The molecule has 0 spiro atoms. The van der Waals surface area contributed by atoms with Crippen molar-refractivity contribution >= 4 is 32.7 Å². The highest BCUT2D eigenvalue weighted by atomic mass is 35.5. The molecule has 1 saturated heterocycles. The molecule has 1 atom stereocenters. The number of fused-ring (bicyclic) bond motifs is 1. The lowest BCUT2D eigenvalue weighted by Gasteiger charge is -2.38. The largest absolute Gasteiger partial charge is 0.379 e. The maximum Gasteiger partial charge on any atom is 0.250 e. The number of hydrogen-bond acceptors (Lipinski definition) is 5. The molecule has 1 aromatic carbocycles. The second-order valence-corrected chi connectivity index (χ2v) is 12.4. The van der Waals surface area contributed by atoms with E-state index in [1.165, 1.54) is 3.97 Å². The Balaban J connectivity index is 1.42. The van der Waals surface area contributed by atoms with E-state index in [-0.39, 0.29) is 0 Å². The molecule has 33 heavy (non-hydrogen) atoms. The van der Waals surface area contributed by atoms with Crippen LogP contribution in [0.5, 0.6) is 0 Å². The summed E-state index contributed by atoms with van der Waals surface area (Å²) >= 11 is 6.23. The molecule has 2 aliphatic carbocycles. The number of aromatic nitrogens is 2. The summed E-state index contributed by atoms with van der Waals surface area (Å²) in [6, 6.07) is 8.15. The first kappa shape index (κ1) is 23.1. The Morgan fingerprint density at radius 2 is 1.88 bits per heavy atom. The Morgan fingerprint density at radius 3 is 2.61 bits per heavy atom. The Morgan fingerprint density at radius 1 is 1.15 bits per heavy atom.